The smallest absolute Gasteiger partial charge is 0.312 e. The summed E-state index contributed by atoms with van der Waals surface area (Å²) in [6.07, 6.45) is 1.30. The minimum Gasteiger partial charge on any atom is -0.352 e. The monoisotopic (exact) mass is 264 g/mol. The molecule has 5 N–H and O–H groups in total. The first-order chi connectivity index (χ1) is 9.11. The molecule has 0 aliphatic rings. The van der Waals surface area contributed by atoms with E-state index in [1.807, 2.05) is 19.2 Å². The van der Waals surface area contributed by atoms with Gasteiger partial charge >= 0.3 is 6.03 Å². The molecule has 0 heterocycles. The predicted octanol–water partition coefficient (Wildman–Crippen LogP) is 0.793. The fourth-order valence-corrected chi connectivity index (χ4v) is 1.54. The van der Waals surface area contributed by atoms with E-state index in [0.717, 1.165) is 24.2 Å². The number of hydrogen-bond acceptors (Lipinski definition) is 3. The van der Waals surface area contributed by atoms with Crippen LogP contribution >= 0.6 is 0 Å². The zero-order valence-corrected chi connectivity index (χ0v) is 11.0. The van der Waals surface area contributed by atoms with Gasteiger partial charge in [0.2, 0.25) is 5.91 Å². The molecule has 0 saturated heterocycles. The maximum atomic E-state index is 11.6. The van der Waals surface area contributed by atoms with Crippen LogP contribution in [-0.4, -0.2) is 25.5 Å². The van der Waals surface area contributed by atoms with E-state index in [-0.39, 0.29) is 5.91 Å². The van der Waals surface area contributed by atoms with Crippen LogP contribution in [0.3, 0.4) is 0 Å². The topological polar surface area (TPSA) is 96.2 Å². The minimum atomic E-state index is -0.554. The van der Waals surface area contributed by atoms with Crippen LogP contribution < -0.4 is 21.7 Å². The van der Waals surface area contributed by atoms with Crippen molar-refractivity contribution in [3.8, 4) is 0 Å². The highest BCUT2D eigenvalue weighted by atomic mass is 16.2. The Morgan fingerprint density at radius 2 is 1.89 bits per heavy atom. The third-order valence-electron chi connectivity index (χ3n) is 2.54. The number of nitrogens with one attached hydrogen (secondary N) is 3. The largest absolute Gasteiger partial charge is 0.352 e. The molecule has 0 spiro atoms. The van der Waals surface area contributed by atoms with Crippen molar-refractivity contribution in [3.63, 3.8) is 0 Å². The molecule has 0 unspecified atom stereocenters. The van der Waals surface area contributed by atoms with Crippen molar-refractivity contribution in [2.45, 2.75) is 19.4 Å². The number of carbonyl (C=O) groups is 2. The first-order valence-corrected chi connectivity index (χ1v) is 6.18. The molecule has 0 aliphatic carbocycles. The Morgan fingerprint density at radius 1 is 1.21 bits per heavy atom. The Balaban J connectivity index is 2.39. The van der Waals surface area contributed by atoms with Gasteiger partial charge in [-0.1, -0.05) is 12.1 Å². The third kappa shape index (κ3) is 6.42. The first kappa shape index (κ1) is 15.0. The predicted molar refractivity (Wildman–Crippen MR) is 74.7 cm³/mol. The lowest BCUT2D eigenvalue weighted by atomic mass is 10.2. The summed E-state index contributed by atoms with van der Waals surface area (Å²) in [5.41, 5.74) is 6.65. The highest BCUT2D eigenvalue weighted by Crippen LogP contribution is 2.10. The number of hydrogen-bond donors (Lipinski definition) is 4. The number of anilines is 1. The molecular formula is C13H20N4O2. The van der Waals surface area contributed by atoms with Crippen LogP contribution in [0.2, 0.25) is 0 Å². The molecule has 1 aromatic rings. The summed E-state index contributed by atoms with van der Waals surface area (Å²) in [6.45, 7) is 1.21. The van der Waals surface area contributed by atoms with E-state index >= 15 is 0 Å². The van der Waals surface area contributed by atoms with Crippen molar-refractivity contribution in [3.05, 3.63) is 29.8 Å². The SMILES string of the molecule is CNCCCC(=O)Nc1ccc(CNC(N)=O)cc1. The van der Waals surface area contributed by atoms with Gasteiger partial charge < -0.3 is 21.7 Å². The molecule has 19 heavy (non-hydrogen) atoms. The molecule has 1 aromatic carbocycles. The summed E-state index contributed by atoms with van der Waals surface area (Å²) in [4.78, 5) is 22.1. The van der Waals surface area contributed by atoms with Crippen molar-refractivity contribution in [1.29, 1.82) is 0 Å². The number of carbonyl (C=O) groups excluding carboxylic acids is 2. The molecule has 0 aliphatic heterocycles. The van der Waals surface area contributed by atoms with Crippen molar-refractivity contribution >= 4 is 17.6 Å². The van der Waals surface area contributed by atoms with Gasteiger partial charge in [-0.05, 0) is 37.7 Å². The Hall–Kier alpha value is -2.08. The summed E-state index contributed by atoms with van der Waals surface area (Å²) >= 11 is 0. The van der Waals surface area contributed by atoms with Crippen LogP contribution in [0, 0.1) is 0 Å². The lowest BCUT2D eigenvalue weighted by Gasteiger charge is -2.07. The van der Waals surface area contributed by atoms with Crippen molar-refractivity contribution < 1.29 is 9.59 Å². The summed E-state index contributed by atoms with van der Waals surface area (Å²) in [7, 11) is 1.86. The average Bonchev–Trinajstić information content (AvgIpc) is 2.38. The second kappa shape index (κ2) is 8.10. The number of primary amides is 1. The van der Waals surface area contributed by atoms with Gasteiger partial charge in [-0.15, -0.1) is 0 Å². The first-order valence-electron chi connectivity index (χ1n) is 6.18. The Morgan fingerprint density at radius 3 is 2.47 bits per heavy atom. The van der Waals surface area contributed by atoms with Crippen LogP contribution in [0.5, 0.6) is 0 Å². The van der Waals surface area contributed by atoms with E-state index in [4.69, 9.17) is 5.73 Å². The van der Waals surface area contributed by atoms with Gasteiger partial charge in [-0.25, -0.2) is 4.79 Å². The fourth-order valence-electron chi connectivity index (χ4n) is 1.54. The lowest BCUT2D eigenvalue weighted by molar-refractivity contribution is -0.116. The van der Waals surface area contributed by atoms with Crippen molar-refractivity contribution in [2.24, 2.45) is 5.73 Å². The standard InChI is InChI=1S/C13H20N4O2/c1-15-8-2-3-12(18)17-11-6-4-10(5-7-11)9-16-13(14)19/h4-7,15H,2-3,8-9H2,1H3,(H,17,18)(H3,14,16,19). The lowest BCUT2D eigenvalue weighted by Crippen LogP contribution is -2.28. The van der Waals surface area contributed by atoms with Crippen LogP contribution in [-0.2, 0) is 11.3 Å². The van der Waals surface area contributed by atoms with E-state index in [9.17, 15) is 9.59 Å². The zero-order valence-electron chi connectivity index (χ0n) is 11.0. The molecule has 0 fully saturated rings. The molecule has 0 saturated carbocycles. The molecule has 0 atom stereocenters. The Kier molecular flexibility index (Phi) is 6.38. The molecule has 0 bridgehead atoms. The number of amides is 3. The second-order valence-corrected chi connectivity index (χ2v) is 4.17. The molecular weight excluding hydrogens is 244 g/mol. The highest BCUT2D eigenvalue weighted by molar-refractivity contribution is 5.90. The van der Waals surface area contributed by atoms with Gasteiger partial charge in [0.1, 0.15) is 0 Å². The minimum absolute atomic E-state index is 0.00161. The van der Waals surface area contributed by atoms with Gasteiger partial charge in [0.05, 0.1) is 0 Å². The Labute approximate surface area is 112 Å². The van der Waals surface area contributed by atoms with Crippen molar-refractivity contribution in [1.82, 2.24) is 10.6 Å². The van der Waals surface area contributed by atoms with Crippen molar-refractivity contribution in [2.75, 3.05) is 18.9 Å². The maximum Gasteiger partial charge on any atom is 0.312 e. The van der Waals surface area contributed by atoms with Gasteiger partial charge in [0, 0.05) is 18.7 Å². The van der Waals surface area contributed by atoms with Gasteiger partial charge in [-0.3, -0.25) is 4.79 Å². The summed E-state index contributed by atoms with van der Waals surface area (Å²) in [5, 5.41) is 8.31. The zero-order chi connectivity index (χ0) is 14.1. The molecule has 3 amide bonds. The summed E-state index contributed by atoms with van der Waals surface area (Å²) in [6, 6.07) is 6.71. The summed E-state index contributed by atoms with van der Waals surface area (Å²) < 4.78 is 0. The van der Waals surface area contributed by atoms with E-state index < -0.39 is 6.03 Å². The average molecular weight is 264 g/mol. The van der Waals surface area contributed by atoms with E-state index in [1.165, 1.54) is 0 Å². The van der Waals surface area contributed by atoms with Gasteiger partial charge in [0.15, 0.2) is 0 Å². The van der Waals surface area contributed by atoms with Gasteiger partial charge in [-0.2, -0.15) is 0 Å². The molecule has 0 radical (unpaired) electrons. The highest BCUT2D eigenvalue weighted by Gasteiger charge is 2.02. The van der Waals surface area contributed by atoms with Crippen LogP contribution in [0.25, 0.3) is 0 Å². The van der Waals surface area contributed by atoms with Gasteiger partial charge in [0.25, 0.3) is 0 Å². The normalized spacial score (nSPS) is 9.95. The molecule has 104 valence electrons. The van der Waals surface area contributed by atoms with E-state index in [0.29, 0.717) is 13.0 Å². The number of nitrogens with two attached hydrogens (primary N) is 1. The van der Waals surface area contributed by atoms with Crippen LogP contribution in [0.4, 0.5) is 10.5 Å². The number of urea groups is 1. The second-order valence-electron chi connectivity index (χ2n) is 4.17. The summed E-state index contributed by atoms with van der Waals surface area (Å²) in [5.74, 6) is -0.00161. The molecule has 6 heteroatoms. The number of benzene rings is 1. The quantitative estimate of drug-likeness (QED) is 0.548. The van der Waals surface area contributed by atoms with E-state index in [1.54, 1.807) is 12.1 Å². The van der Waals surface area contributed by atoms with E-state index in [2.05, 4.69) is 16.0 Å². The Bertz CT molecular complexity index is 417. The third-order valence-corrected chi connectivity index (χ3v) is 2.54. The van der Waals surface area contributed by atoms with Crippen LogP contribution in [0.1, 0.15) is 18.4 Å². The molecule has 6 nitrogen and oxygen atoms in total. The molecule has 0 aromatic heterocycles. The number of rotatable bonds is 7. The fraction of sp³-hybridized carbons (Fsp3) is 0.385. The molecule has 1 rings (SSSR count). The maximum absolute atomic E-state index is 11.6. The van der Waals surface area contributed by atoms with Crippen LogP contribution in [0.15, 0.2) is 24.3 Å².